The highest BCUT2D eigenvalue weighted by atomic mass is 32.1. The average Bonchev–Trinajstić information content (AvgIpc) is 2.94. The molecular weight excluding hydrogens is 280 g/mol. The fourth-order valence-electron chi connectivity index (χ4n) is 2.24. The Balaban J connectivity index is 2.23. The summed E-state index contributed by atoms with van der Waals surface area (Å²) < 4.78 is 0. The SMILES string of the molecule is Cc1ccsc1-c1nc(NN)c(C)c(-c2ccccc2)n1. The lowest BCUT2D eigenvalue weighted by molar-refractivity contribution is 1.12. The van der Waals surface area contributed by atoms with Crippen LogP contribution in [-0.4, -0.2) is 9.97 Å². The molecule has 4 nitrogen and oxygen atoms in total. The maximum absolute atomic E-state index is 5.62. The van der Waals surface area contributed by atoms with Crippen LogP contribution in [0.2, 0.25) is 0 Å². The van der Waals surface area contributed by atoms with E-state index >= 15 is 0 Å². The Kier molecular flexibility index (Phi) is 3.68. The monoisotopic (exact) mass is 296 g/mol. The van der Waals surface area contributed by atoms with Crippen LogP contribution in [0.1, 0.15) is 11.1 Å². The molecule has 0 saturated carbocycles. The van der Waals surface area contributed by atoms with Crippen LogP contribution < -0.4 is 11.3 Å². The lowest BCUT2D eigenvalue weighted by atomic mass is 10.1. The molecule has 3 aromatic rings. The summed E-state index contributed by atoms with van der Waals surface area (Å²) in [6.45, 7) is 4.04. The topological polar surface area (TPSA) is 63.8 Å². The van der Waals surface area contributed by atoms with Crippen molar-refractivity contribution in [1.29, 1.82) is 0 Å². The number of thiophene rings is 1. The molecule has 0 radical (unpaired) electrons. The minimum Gasteiger partial charge on any atom is -0.308 e. The van der Waals surface area contributed by atoms with Gasteiger partial charge < -0.3 is 5.43 Å². The van der Waals surface area contributed by atoms with Crippen LogP contribution in [0.3, 0.4) is 0 Å². The van der Waals surface area contributed by atoms with E-state index in [9.17, 15) is 0 Å². The van der Waals surface area contributed by atoms with E-state index in [0.717, 1.165) is 21.7 Å². The van der Waals surface area contributed by atoms with Crippen molar-refractivity contribution >= 4 is 17.2 Å². The highest BCUT2D eigenvalue weighted by molar-refractivity contribution is 7.13. The summed E-state index contributed by atoms with van der Waals surface area (Å²) >= 11 is 1.64. The number of hydrazine groups is 1. The third-order valence-electron chi connectivity index (χ3n) is 3.39. The lowest BCUT2D eigenvalue weighted by Gasteiger charge is -2.12. The zero-order valence-electron chi connectivity index (χ0n) is 11.9. The minimum atomic E-state index is 0.659. The molecule has 5 heteroatoms. The number of hydrogen-bond acceptors (Lipinski definition) is 5. The van der Waals surface area contributed by atoms with Crippen molar-refractivity contribution in [2.75, 3.05) is 5.43 Å². The summed E-state index contributed by atoms with van der Waals surface area (Å²) in [5.41, 5.74) is 6.76. The molecule has 106 valence electrons. The molecule has 0 aliphatic rings. The van der Waals surface area contributed by atoms with Crippen LogP contribution >= 0.6 is 11.3 Å². The number of nitrogens with zero attached hydrogens (tertiary/aromatic N) is 2. The maximum Gasteiger partial charge on any atom is 0.172 e. The van der Waals surface area contributed by atoms with Gasteiger partial charge >= 0.3 is 0 Å². The molecule has 0 aliphatic heterocycles. The first-order chi connectivity index (χ1) is 10.2. The molecule has 3 rings (SSSR count). The molecule has 1 aromatic carbocycles. The van der Waals surface area contributed by atoms with Gasteiger partial charge in [0.25, 0.3) is 0 Å². The van der Waals surface area contributed by atoms with E-state index in [1.54, 1.807) is 11.3 Å². The molecule has 0 unspecified atom stereocenters. The molecule has 2 heterocycles. The molecule has 0 spiro atoms. The lowest BCUT2D eigenvalue weighted by Crippen LogP contribution is -2.12. The Hall–Kier alpha value is -2.24. The number of rotatable bonds is 3. The van der Waals surface area contributed by atoms with Gasteiger partial charge in [0.15, 0.2) is 5.82 Å². The smallest absolute Gasteiger partial charge is 0.172 e. The molecule has 0 amide bonds. The quantitative estimate of drug-likeness (QED) is 0.570. The molecule has 3 N–H and O–H groups in total. The number of nitrogens with two attached hydrogens (primary N) is 1. The zero-order chi connectivity index (χ0) is 14.8. The first-order valence-electron chi connectivity index (χ1n) is 6.66. The van der Waals surface area contributed by atoms with Gasteiger partial charge in [0.05, 0.1) is 10.6 Å². The molecule has 2 aromatic heterocycles. The molecule has 0 atom stereocenters. The predicted octanol–water partition coefficient (Wildman–Crippen LogP) is 3.77. The van der Waals surface area contributed by atoms with Crippen LogP contribution in [-0.2, 0) is 0 Å². The number of nitrogens with one attached hydrogen (secondary N) is 1. The summed E-state index contributed by atoms with van der Waals surface area (Å²) in [4.78, 5) is 10.4. The van der Waals surface area contributed by atoms with E-state index in [-0.39, 0.29) is 0 Å². The third kappa shape index (κ3) is 2.53. The van der Waals surface area contributed by atoms with Gasteiger partial charge in [-0.1, -0.05) is 30.3 Å². The number of hydrogen-bond donors (Lipinski definition) is 2. The van der Waals surface area contributed by atoms with Gasteiger partial charge in [-0.2, -0.15) is 0 Å². The summed E-state index contributed by atoms with van der Waals surface area (Å²) in [7, 11) is 0. The fraction of sp³-hybridized carbons (Fsp3) is 0.125. The van der Waals surface area contributed by atoms with Crippen LogP contribution in [0.5, 0.6) is 0 Å². The van der Waals surface area contributed by atoms with Gasteiger partial charge in [0.2, 0.25) is 0 Å². The highest BCUT2D eigenvalue weighted by Crippen LogP contribution is 2.32. The molecule has 0 bridgehead atoms. The molecule has 0 saturated heterocycles. The standard InChI is InChI=1S/C16H16N4S/c1-10-8-9-21-14(10)16-18-13(11(2)15(19-16)20-17)12-6-4-3-5-7-12/h3-9H,17H2,1-2H3,(H,18,19,20). The molecule has 21 heavy (non-hydrogen) atoms. The first-order valence-corrected chi connectivity index (χ1v) is 7.54. The van der Waals surface area contributed by atoms with Crippen LogP contribution in [0.4, 0.5) is 5.82 Å². The largest absolute Gasteiger partial charge is 0.308 e. The number of benzene rings is 1. The number of aromatic nitrogens is 2. The van der Waals surface area contributed by atoms with Gasteiger partial charge in [0, 0.05) is 11.1 Å². The van der Waals surface area contributed by atoms with E-state index in [4.69, 9.17) is 10.8 Å². The average molecular weight is 296 g/mol. The number of nitrogen functional groups attached to an aromatic ring is 1. The fourth-order valence-corrected chi connectivity index (χ4v) is 3.10. The van der Waals surface area contributed by atoms with Gasteiger partial charge in [-0.15, -0.1) is 11.3 Å². The molecule has 0 fully saturated rings. The van der Waals surface area contributed by atoms with Crippen molar-refractivity contribution < 1.29 is 0 Å². The Bertz CT molecular complexity index is 765. The Labute approximate surface area is 127 Å². The first kappa shape index (κ1) is 13.7. The van der Waals surface area contributed by atoms with Crippen molar-refractivity contribution in [2.45, 2.75) is 13.8 Å². The third-order valence-corrected chi connectivity index (χ3v) is 4.41. The molecule has 0 aliphatic carbocycles. The van der Waals surface area contributed by atoms with Gasteiger partial charge in [-0.3, -0.25) is 0 Å². The Morgan fingerprint density at radius 2 is 1.81 bits per heavy atom. The van der Waals surface area contributed by atoms with Crippen molar-refractivity contribution in [3.05, 3.63) is 52.9 Å². The van der Waals surface area contributed by atoms with Gasteiger partial charge in [-0.25, -0.2) is 15.8 Å². The summed E-state index contributed by atoms with van der Waals surface area (Å²) in [6.07, 6.45) is 0. The second-order valence-electron chi connectivity index (χ2n) is 4.81. The van der Waals surface area contributed by atoms with Crippen LogP contribution in [0.25, 0.3) is 22.0 Å². The number of anilines is 1. The van der Waals surface area contributed by atoms with Crippen molar-refractivity contribution in [2.24, 2.45) is 5.84 Å². The predicted molar refractivity (Wildman–Crippen MR) is 88.1 cm³/mol. The van der Waals surface area contributed by atoms with E-state index in [1.165, 1.54) is 5.56 Å². The van der Waals surface area contributed by atoms with Crippen molar-refractivity contribution in [3.63, 3.8) is 0 Å². The summed E-state index contributed by atoms with van der Waals surface area (Å²) in [6, 6.07) is 12.2. The van der Waals surface area contributed by atoms with Crippen molar-refractivity contribution in [1.82, 2.24) is 9.97 Å². The van der Waals surface area contributed by atoms with Gasteiger partial charge in [0.1, 0.15) is 5.82 Å². The second kappa shape index (κ2) is 5.63. The Morgan fingerprint density at radius 1 is 1.05 bits per heavy atom. The number of aryl methyl sites for hydroxylation is 1. The van der Waals surface area contributed by atoms with Crippen molar-refractivity contribution in [3.8, 4) is 22.0 Å². The Morgan fingerprint density at radius 3 is 2.43 bits per heavy atom. The zero-order valence-corrected chi connectivity index (χ0v) is 12.7. The van der Waals surface area contributed by atoms with Gasteiger partial charge in [-0.05, 0) is 30.9 Å². The van der Waals surface area contributed by atoms with E-state index in [0.29, 0.717) is 11.6 Å². The van der Waals surface area contributed by atoms with E-state index < -0.39 is 0 Å². The van der Waals surface area contributed by atoms with E-state index in [2.05, 4.69) is 23.4 Å². The maximum atomic E-state index is 5.62. The van der Waals surface area contributed by atoms with Crippen LogP contribution in [0, 0.1) is 13.8 Å². The normalized spacial score (nSPS) is 10.6. The second-order valence-corrected chi connectivity index (χ2v) is 5.73. The molecular formula is C16H16N4S. The minimum absolute atomic E-state index is 0.659. The van der Waals surface area contributed by atoms with E-state index in [1.807, 2.05) is 42.6 Å². The summed E-state index contributed by atoms with van der Waals surface area (Å²) in [5, 5.41) is 2.05. The van der Waals surface area contributed by atoms with Crippen LogP contribution in [0.15, 0.2) is 41.8 Å². The summed E-state index contributed by atoms with van der Waals surface area (Å²) in [5.74, 6) is 6.99. The highest BCUT2D eigenvalue weighted by Gasteiger charge is 2.15.